The van der Waals surface area contributed by atoms with Crippen LogP contribution in [0, 0.1) is 17.2 Å². The molecule has 0 aromatic heterocycles. The van der Waals surface area contributed by atoms with E-state index in [0.717, 1.165) is 0 Å². The number of nitriles is 1. The second-order valence-electron chi connectivity index (χ2n) is 4.72. The minimum atomic E-state index is -3.50. The van der Waals surface area contributed by atoms with E-state index in [-0.39, 0.29) is 18.3 Å². The van der Waals surface area contributed by atoms with Crippen LogP contribution in [0.3, 0.4) is 0 Å². The van der Waals surface area contributed by atoms with Crippen molar-refractivity contribution in [1.82, 2.24) is 4.72 Å². The largest absolute Gasteiger partial charge is 0.395 e. The smallest absolute Gasteiger partial charge is 0.216 e. The van der Waals surface area contributed by atoms with Crippen LogP contribution in [0.1, 0.15) is 25.0 Å². The molecule has 1 atom stereocenters. The summed E-state index contributed by atoms with van der Waals surface area (Å²) in [6.07, 6.45) is 0. The molecule has 0 aliphatic rings. The monoisotopic (exact) mass is 282 g/mol. The zero-order valence-electron chi connectivity index (χ0n) is 11.0. The predicted molar refractivity (Wildman–Crippen MR) is 72.6 cm³/mol. The fraction of sp³-hybridized carbons (Fsp3) is 0.462. The van der Waals surface area contributed by atoms with Crippen LogP contribution >= 0.6 is 0 Å². The lowest BCUT2D eigenvalue weighted by Crippen LogP contribution is -2.41. The molecule has 0 saturated carbocycles. The summed E-state index contributed by atoms with van der Waals surface area (Å²) in [6, 6.07) is 7.88. The van der Waals surface area contributed by atoms with Gasteiger partial charge in [-0.25, -0.2) is 13.1 Å². The summed E-state index contributed by atoms with van der Waals surface area (Å²) in [4.78, 5) is 0. The second-order valence-corrected chi connectivity index (χ2v) is 6.47. The molecule has 5 nitrogen and oxygen atoms in total. The van der Waals surface area contributed by atoms with Crippen LogP contribution in [-0.4, -0.2) is 26.2 Å². The van der Waals surface area contributed by atoms with Gasteiger partial charge in [0.15, 0.2) is 0 Å². The number of hydrogen-bond donors (Lipinski definition) is 2. The highest BCUT2D eigenvalue weighted by atomic mass is 32.2. The molecule has 0 saturated heterocycles. The Kier molecular flexibility index (Phi) is 5.48. The number of nitrogens with zero attached hydrogens (tertiary/aromatic N) is 1. The van der Waals surface area contributed by atoms with E-state index in [1.807, 2.05) is 19.9 Å². The van der Waals surface area contributed by atoms with Gasteiger partial charge in [-0.2, -0.15) is 5.26 Å². The number of hydrogen-bond acceptors (Lipinski definition) is 4. The molecule has 2 N–H and O–H groups in total. The average molecular weight is 282 g/mol. The number of benzene rings is 1. The molecule has 0 fully saturated rings. The van der Waals surface area contributed by atoms with Crippen molar-refractivity contribution < 1.29 is 13.5 Å². The first-order valence-electron chi connectivity index (χ1n) is 5.98. The minimum Gasteiger partial charge on any atom is -0.395 e. The number of rotatable bonds is 6. The zero-order chi connectivity index (χ0) is 14.5. The fourth-order valence-corrected chi connectivity index (χ4v) is 3.07. The Morgan fingerprint density at radius 1 is 1.32 bits per heavy atom. The van der Waals surface area contributed by atoms with Crippen LogP contribution in [0.4, 0.5) is 0 Å². The van der Waals surface area contributed by atoms with Crippen LogP contribution in [0.2, 0.25) is 0 Å². The fourth-order valence-electron chi connectivity index (χ4n) is 1.55. The molecule has 104 valence electrons. The van der Waals surface area contributed by atoms with E-state index in [4.69, 9.17) is 10.4 Å². The Morgan fingerprint density at radius 2 is 1.89 bits per heavy atom. The van der Waals surface area contributed by atoms with Crippen LogP contribution in [0.25, 0.3) is 0 Å². The average Bonchev–Trinajstić information content (AvgIpc) is 2.36. The van der Waals surface area contributed by atoms with Crippen molar-refractivity contribution in [2.45, 2.75) is 25.6 Å². The van der Waals surface area contributed by atoms with E-state index >= 15 is 0 Å². The Bertz CT molecular complexity index is 544. The van der Waals surface area contributed by atoms with Gasteiger partial charge in [0.2, 0.25) is 10.0 Å². The lowest BCUT2D eigenvalue weighted by Gasteiger charge is -2.19. The first-order valence-corrected chi connectivity index (χ1v) is 7.63. The van der Waals surface area contributed by atoms with Crippen LogP contribution in [0.15, 0.2) is 24.3 Å². The van der Waals surface area contributed by atoms with E-state index in [0.29, 0.717) is 11.1 Å². The van der Waals surface area contributed by atoms with E-state index in [2.05, 4.69) is 4.72 Å². The summed E-state index contributed by atoms with van der Waals surface area (Å²) in [6.45, 7) is 3.44. The number of nitrogens with one attached hydrogen (secondary N) is 1. The van der Waals surface area contributed by atoms with Crippen LogP contribution in [-0.2, 0) is 15.8 Å². The molecule has 19 heavy (non-hydrogen) atoms. The van der Waals surface area contributed by atoms with Gasteiger partial charge in [-0.05, 0) is 23.6 Å². The number of sulfonamides is 1. The predicted octanol–water partition coefficient (Wildman–Crippen LogP) is 0.995. The standard InChI is InChI=1S/C13H18N2O3S/c1-10(2)13(8-16)15-19(17,18)9-12-5-3-11(7-14)4-6-12/h3-6,10,13,15-16H,8-9H2,1-2H3/t13-/m1/s1. The summed E-state index contributed by atoms with van der Waals surface area (Å²) >= 11 is 0. The van der Waals surface area contributed by atoms with Crippen molar-refractivity contribution in [3.8, 4) is 6.07 Å². The Labute approximate surface area is 113 Å². The molecule has 0 bridgehead atoms. The summed E-state index contributed by atoms with van der Waals surface area (Å²) < 4.78 is 26.4. The summed E-state index contributed by atoms with van der Waals surface area (Å²) in [5.74, 6) is -0.150. The van der Waals surface area contributed by atoms with E-state index in [1.54, 1.807) is 24.3 Å². The van der Waals surface area contributed by atoms with Gasteiger partial charge in [0.25, 0.3) is 0 Å². The van der Waals surface area contributed by atoms with Crippen molar-refractivity contribution in [2.24, 2.45) is 5.92 Å². The van der Waals surface area contributed by atoms with Gasteiger partial charge in [0, 0.05) is 6.04 Å². The quantitative estimate of drug-likeness (QED) is 0.814. The third kappa shape index (κ3) is 4.99. The van der Waals surface area contributed by atoms with Crippen molar-refractivity contribution in [3.05, 3.63) is 35.4 Å². The molecule has 6 heteroatoms. The first-order chi connectivity index (χ1) is 8.88. The summed E-state index contributed by atoms with van der Waals surface area (Å²) in [7, 11) is -3.50. The highest BCUT2D eigenvalue weighted by molar-refractivity contribution is 7.88. The van der Waals surface area contributed by atoms with Gasteiger partial charge >= 0.3 is 0 Å². The highest BCUT2D eigenvalue weighted by Crippen LogP contribution is 2.09. The van der Waals surface area contributed by atoms with Crippen molar-refractivity contribution >= 4 is 10.0 Å². The molecule has 0 radical (unpaired) electrons. The molecule has 0 spiro atoms. The Morgan fingerprint density at radius 3 is 2.32 bits per heavy atom. The molecule has 1 aromatic carbocycles. The molecular formula is C13H18N2O3S. The van der Waals surface area contributed by atoms with Gasteiger partial charge in [-0.3, -0.25) is 0 Å². The third-order valence-electron chi connectivity index (χ3n) is 2.77. The maximum absolute atomic E-state index is 11.9. The first kappa shape index (κ1) is 15.6. The van der Waals surface area contributed by atoms with Crippen molar-refractivity contribution in [3.63, 3.8) is 0 Å². The van der Waals surface area contributed by atoms with E-state index < -0.39 is 16.1 Å². The normalized spacial score (nSPS) is 13.2. The van der Waals surface area contributed by atoms with Gasteiger partial charge in [-0.1, -0.05) is 26.0 Å². The van der Waals surface area contributed by atoms with Gasteiger partial charge in [0.05, 0.1) is 24.0 Å². The van der Waals surface area contributed by atoms with Crippen LogP contribution in [0.5, 0.6) is 0 Å². The molecule has 0 heterocycles. The lowest BCUT2D eigenvalue weighted by molar-refractivity contribution is 0.227. The summed E-state index contributed by atoms with van der Waals surface area (Å²) in [5, 5.41) is 17.8. The number of aliphatic hydroxyl groups excluding tert-OH is 1. The Balaban J connectivity index is 2.76. The van der Waals surface area contributed by atoms with E-state index in [9.17, 15) is 8.42 Å². The second kappa shape index (κ2) is 6.66. The highest BCUT2D eigenvalue weighted by Gasteiger charge is 2.20. The zero-order valence-corrected chi connectivity index (χ0v) is 11.8. The molecule has 0 aliphatic heterocycles. The topological polar surface area (TPSA) is 90.2 Å². The SMILES string of the molecule is CC(C)[C@@H](CO)NS(=O)(=O)Cc1ccc(C#N)cc1. The van der Waals surface area contributed by atoms with Crippen LogP contribution < -0.4 is 4.72 Å². The maximum Gasteiger partial charge on any atom is 0.216 e. The molecular weight excluding hydrogens is 264 g/mol. The van der Waals surface area contributed by atoms with Crippen molar-refractivity contribution in [2.75, 3.05) is 6.61 Å². The van der Waals surface area contributed by atoms with Crippen molar-refractivity contribution in [1.29, 1.82) is 5.26 Å². The van der Waals surface area contributed by atoms with Gasteiger partial charge in [-0.15, -0.1) is 0 Å². The molecule has 0 aliphatic carbocycles. The Hall–Kier alpha value is -1.42. The maximum atomic E-state index is 11.9. The molecule has 1 aromatic rings. The van der Waals surface area contributed by atoms with Gasteiger partial charge in [0.1, 0.15) is 0 Å². The third-order valence-corrected chi connectivity index (χ3v) is 4.15. The minimum absolute atomic E-state index is 0.0146. The molecule has 1 rings (SSSR count). The summed E-state index contributed by atoms with van der Waals surface area (Å²) in [5.41, 5.74) is 1.09. The lowest BCUT2D eigenvalue weighted by atomic mass is 10.1. The number of aliphatic hydroxyl groups is 1. The molecule has 0 unspecified atom stereocenters. The van der Waals surface area contributed by atoms with E-state index in [1.165, 1.54) is 0 Å². The molecule has 0 amide bonds. The van der Waals surface area contributed by atoms with Gasteiger partial charge < -0.3 is 5.11 Å².